The lowest BCUT2D eigenvalue weighted by atomic mass is 9.55. The van der Waals surface area contributed by atoms with E-state index in [-0.39, 0.29) is 41.8 Å². The zero-order valence-electron chi connectivity index (χ0n) is 23.2. The molecule has 0 unspecified atom stereocenters. The number of Topliss-reactive ketones (excluding diaryl/α,β-unsaturated/α-hetero) is 1. The van der Waals surface area contributed by atoms with Crippen LogP contribution in [0.1, 0.15) is 75.8 Å². The molecule has 0 saturated carbocycles. The number of hydrogen-bond donors (Lipinski definition) is 0. The number of carbonyl (C=O) groups is 4. The summed E-state index contributed by atoms with van der Waals surface area (Å²) in [6.07, 6.45) is 0.267. The number of ether oxygens (including phenoxy) is 1. The third-order valence-corrected chi connectivity index (χ3v) is 8.94. The molecule has 0 spiro atoms. The van der Waals surface area contributed by atoms with Crippen LogP contribution in [0, 0.1) is 31.6 Å². The largest absolute Gasteiger partial charge is 0.456 e. The lowest BCUT2D eigenvalue weighted by Gasteiger charge is -2.45. The van der Waals surface area contributed by atoms with Crippen molar-refractivity contribution in [3.63, 3.8) is 0 Å². The minimum Gasteiger partial charge on any atom is -0.456 e. The van der Waals surface area contributed by atoms with Crippen molar-refractivity contribution in [2.45, 2.75) is 52.0 Å². The van der Waals surface area contributed by atoms with Gasteiger partial charge in [0.2, 0.25) is 11.8 Å². The van der Waals surface area contributed by atoms with Gasteiger partial charge in [0.15, 0.2) is 12.4 Å². The van der Waals surface area contributed by atoms with Crippen LogP contribution in [0.5, 0.6) is 0 Å². The lowest BCUT2D eigenvalue weighted by Crippen LogP contribution is -2.47. The van der Waals surface area contributed by atoms with Gasteiger partial charge in [0.25, 0.3) is 0 Å². The summed E-state index contributed by atoms with van der Waals surface area (Å²) < 4.78 is 5.51. The molecule has 6 nitrogen and oxygen atoms in total. The number of aryl methyl sites for hydroxylation is 2. The Morgan fingerprint density at radius 3 is 1.73 bits per heavy atom. The average molecular weight is 536 g/mol. The first-order valence-electron chi connectivity index (χ1n) is 14.0. The molecular weight excluding hydrogens is 502 g/mol. The van der Waals surface area contributed by atoms with Crippen LogP contribution in [0.3, 0.4) is 0 Å². The maximum Gasteiger partial charge on any atom is 0.329 e. The predicted molar refractivity (Wildman–Crippen MR) is 150 cm³/mol. The van der Waals surface area contributed by atoms with Crippen LogP contribution in [0.15, 0.2) is 66.7 Å². The van der Waals surface area contributed by atoms with E-state index in [1.54, 1.807) is 12.1 Å². The first-order chi connectivity index (χ1) is 19.2. The van der Waals surface area contributed by atoms with Crippen molar-refractivity contribution in [1.29, 1.82) is 0 Å². The monoisotopic (exact) mass is 535 g/mol. The van der Waals surface area contributed by atoms with E-state index in [0.717, 1.165) is 33.4 Å². The highest BCUT2D eigenvalue weighted by molar-refractivity contribution is 6.10. The van der Waals surface area contributed by atoms with Gasteiger partial charge in [-0.15, -0.1) is 0 Å². The fraction of sp³-hybridized carbons (Fsp3) is 0.353. The molecule has 4 aliphatic rings. The molecule has 3 aromatic rings. The number of imide groups is 1. The Hall–Kier alpha value is -4.06. The van der Waals surface area contributed by atoms with Crippen molar-refractivity contribution < 1.29 is 23.9 Å². The number of likely N-dealkylation sites (tertiary alicyclic amines) is 1. The molecule has 0 radical (unpaired) electrons. The molecule has 1 fully saturated rings. The predicted octanol–water partition coefficient (Wildman–Crippen LogP) is 5.34. The van der Waals surface area contributed by atoms with Crippen molar-refractivity contribution in [3.8, 4) is 0 Å². The molecule has 1 aliphatic heterocycles. The Bertz CT molecular complexity index is 1440. The van der Waals surface area contributed by atoms with Crippen molar-refractivity contribution in [2.75, 3.05) is 6.61 Å². The SMILES string of the molecule is Cc1ccc(C(=O)COC(=O)[C@H](CC(C)C)N2C(=O)[C@@H]3C4c5ccccc5C(c5ccccc54)[C@H]3C2=O)cc1C. The van der Waals surface area contributed by atoms with Gasteiger partial charge in [-0.3, -0.25) is 19.3 Å². The molecule has 7 rings (SSSR count). The second-order valence-electron chi connectivity index (χ2n) is 11.8. The summed E-state index contributed by atoms with van der Waals surface area (Å²) in [7, 11) is 0. The Labute approximate surface area is 234 Å². The molecule has 0 aromatic heterocycles. The third kappa shape index (κ3) is 4.00. The van der Waals surface area contributed by atoms with Crippen LogP contribution < -0.4 is 0 Å². The third-order valence-electron chi connectivity index (χ3n) is 8.94. The number of rotatable bonds is 7. The minimum atomic E-state index is -1.08. The van der Waals surface area contributed by atoms with Gasteiger partial charge in [0.1, 0.15) is 6.04 Å². The maximum atomic E-state index is 14.1. The molecule has 2 amide bonds. The highest BCUT2D eigenvalue weighted by Gasteiger charge is 2.63. The Morgan fingerprint density at radius 1 is 0.775 bits per heavy atom. The van der Waals surface area contributed by atoms with E-state index in [1.165, 1.54) is 4.90 Å². The Balaban J connectivity index is 1.31. The van der Waals surface area contributed by atoms with Crippen LogP contribution in [-0.2, 0) is 19.1 Å². The van der Waals surface area contributed by atoms with Crippen molar-refractivity contribution in [3.05, 3.63) is 106 Å². The standard InChI is InChI=1S/C34H33NO5/c1-18(2)15-26(34(39)40-17-27(36)21-14-13-19(3)20(4)16-21)35-32(37)30-28-22-9-5-6-10-23(22)29(31(30)33(35)38)25-12-8-7-11-24(25)28/h5-14,16,18,26,28-31H,15,17H2,1-4H3/t26-,28?,29?,30+,31+/m0/s1. The highest BCUT2D eigenvalue weighted by Crippen LogP contribution is 2.61. The molecule has 6 heteroatoms. The maximum absolute atomic E-state index is 14.1. The molecule has 1 saturated heterocycles. The quantitative estimate of drug-likeness (QED) is 0.232. The molecule has 3 atom stereocenters. The molecule has 1 heterocycles. The fourth-order valence-electron chi connectivity index (χ4n) is 6.99. The van der Waals surface area contributed by atoms with Crippen LogP contribution in [-0.4, -0.2) is 41.1 Å². The normalized spacial score (nSPS) is 23.1. The molecule has 0 N–H and O–H groups in total. The van der Waals surface area contributed by atoms with E-state index in [9.17, 15) is 19.2 Å². The van der Waals surface area contributed by atoms with Gasteiger partial charge in [0, 0.05) is 17.4 Å². The van der Waals surface area contributed by atoms with Crippen LogP contribution in [0.25, 0.3) is 0 Å². The molecule has 3 aliphatic carbocycles. The number of esters is 1. The van der Waals surface area contributed by atoms with E-state index >= 15 is 0 Å². The molecule has 40 heavy (non-hydrogen) atoms. The summed E-state index contributed by atoms with van der Waals surface area (Å²) in [5.41, 5.74) is 6.83. The minimum absolute atomic E-state index is 0.0161. The fourth-order valence-corrected chi connectivity index (χ4v) is 6.99. The Morgan fingerprint density at radius 2 is 1.27 bits per heavy atom. The van der Waals surface area contributed by atoms with Gasteiger partial charge in [-0.05, 0) is 65.6 Å². The summed E-state index contributed by atoms with van der Waals surface area (Å²) >= 11 is 0. The number of amides is 2. The van der Waals surface area contributed by atoms with Gasteiger partial charge in [-0.2, -0.15) is 0 Å². The van der Waals surface area contributed by atoms with Crippen LogP contribution in [0.2, 0.25) is 0 Å². The van der Waals surface area contributed by atoms with E-state index in [1.807, 2.05) is 58.0 Å². The summed E-state index contributed by atoms with van der Waals surface area (Å²) in [5, 5.41) is 0. The highest BCUT2D eigenvalue weighted by atomic mass is 16.5. The topological polar surface area (TPSA) is 80.8 Å². The van der Waals surface area contributed by atoms with Crippen LogP contribution in [0.4, 0.5) is 0 Å². The number of hydrogen-bond acceptors (Lipinski definition) is 5. The van der Waals surface area contributed by atoms with E-state index < -0.39 is 30.5 Å². The first-order valence-corrected chi connectivity index (χ1v) is 14.0. The van der Waals surface area contributed by atoms with E-state index in [2.05, 4.69) is 24.3 Å². The number of benzene rings is 3. The number of ketones is 1. The summed E-state index contributed by atoms with van der Waals surface area (Å²) in [6, 6.07) is 20.4. The zero-order chi connectivity index (χ0) is 28.3. The zero-order valence-corrected chi connectivity index (χ0v) is 23.2. The van der Waals surface area contributed by atoms with Gasteiger partial charge < -0.3 is 4.74 Å². The average Bonchev–Trinajstić information content (AvgIpc) is 3.21. The van der Waals surface area contributed by atoms with Crippen molar-refractivity contribution in [1.82, 2.24) is 4.90 Å². The second-order valence-corrected chi connectivity index (χ2v) is 11.8. The molecule has 2 bridgehead atoms. The van der Waals surface area contributed by atoms with Gasteiger partial charge in [-0.1, -0.05) is 74.5 Å². The number of nitrogens with zero attached hydrogens (tertiary/aromatic N) is 1. The molecular formula is C34H33NO5. The summed E-state index contributed by atoms with van der Waals surface area (Å²) in [4.78, 5) is 55.8. The lowest BCUT2D eigenvalue weighted by molar-refractivity contribution is -0.158. The van der Waals surface area contributed by atoms with E-state index in [4.69, 9.17) is 4.74 Å². The van der Waals surface area contributed by atoms with Crippen LogP contribution >= 0.6 is 0 Å². The van der Waals surface area contributed by atoms with Gasteiger partial charge in [-0.25, -0.2) is 4.79 Å². The summed E-state index contributed by atoms with van der Waals surface area (Å²) in [5.74, 6) is -3.29. The smallest absolute Gasteiger partial charge is 0.329 e. The molecule has 204 valence electrons. The van der Waals surface area contributed by atoms with E-state index in [0.29, 0.717) is 5.56 Å². The first kappa shape index (κ1) is 26.2. The van der Waals surface area contributed by atoms with Crippen molar-refractivity contribution >= 4 is 23.6 Å². The Kier molecular flexibility index (Phi) is 6.44. The second kappa shape index (κ2) is 9.84. The van der Waals surface area contributed by atoms with Gasteiger partial charge in [0.05, 0.1) is 11.8 Å². The summed E-state index contributed by atoms with van der Waals surface area (Å²) in [6.45, 7) is 7.32. The number of carbonyl (C=O) groups excluding carboxylic acids is 4. The van der Waals surface area contributed by atoms with Crippen molar-refractivity contribution in [2.24, 2.45) is 17.8 Å². The van der Waals surface area contributed by atoms with Gasteiger partial charge >= 0.3 is 5.97 Å². The molecule has 3 aromatic carbocycles.